The molecule has 1 aliphatic rings. The van der Waals surface area contributed by atoms with Gasteiger partial charge < -0.3 is 4.74 Å². The lowest BCUT2D eigenvalue weighted by atomic mass is 10.0. The fraction of sp³-hybridized carbons (Fsp3) is 0.176. The zero-order chi connectivity index (χ0) is 18.1. The van der Waals surface area contributed by atoms with Crippen LogP contribution in [0.15, 0.2) is 41.5 Å². The van der Waals surface area contributed by atoms with Crippen LogP contribution >= 0.6 is 46.4 Å². The molecule has 1 unspecified atom stereocenters. The molecule has 3 rings (SSSR count). The van der Waals surface area contributed by atoms with Gasteiger partial charge in [0, 0.05) is 16.5 Å². The van der Waals surface area contributed by atoms with E-state index in [1.54, 1.807) is 24.3 Å². The lowest BCUT2D eigenvalue weighted by Gasteiger charge is -2.23. The third kappa shape index (κ3) is 3.72. The van der Waals surface area contributed by atoms with Crippen molar-refractivity contribution >= 4 is 63.8 Å². The number of halogens is 4. The lowest BCUT2D eigenvalue weighted by Crippen LogP contribution is -2.35. The molecule has 0 saturated heterocycles. The summed E-state index contributed by atoms with van der Waals surface area (Å²) in [5.41, 5.74) is 1.96. The number of hydrogen-bond donors (Lipinski definition) is 0. The molecule has 0 saturated carbocycles. The standard InChI is InChI=1S/C17H12Cl4N2O2/c1-25-17(24)15-8-14(9-2-4-10(18)5-3-9)22-23(15)16-12(20)6-11(19)7-13(16)21/h2-7,15H,8H2,1H3. The minimum atomic E-state index is -0.674. The molecule has 130 valence electrons. The molecule has 2 aromatic rings. The first-order valence-electron chi connectivity index (χ1n) is 7.25. The van der Waals surface area contributed by atoms with Crippen molar-refractivity contribution in [3.8, 4) is 0 Å². The third-order valence-corrected chi connectivity index (χ3v) is 4.82. The molecule has 0 amide bonds. The Morgan fingerprint density at radius 1 is 1.08 bits per heavy atom. The van der Waals surface area contributed by atoms with E-state index in [1.165, 1.54) is 12.1 Å². The first kappa shape index (κ1) is 18.3. The highest BCUT2D eigenvalue weighted by molar-refractivity contribution is 6.42. The SMILES string of the molecule is COC(=O)C1CC(c2ccc(Cl)cc2)=NN1c1c(Cl)cc(Cl)cc1Cl. The van der Waals surface area contributed by atoms with Crippen LogP contribution in [0.4, 0.5) is 5.69 Å². The number of ether oxygens (including phenoxy) is 1. The first-order chi connectivity index (χ1) is 11.9. The van der Waals surface area contributed by atoms with Crippen molar-refractivity contribution in [3.63, 3.8) is 0 Å². The maximum absolute atomic E-state index is 12.2. The zero-order valence-corrected chi connectivity index (χ0v) is 16.0. The number of hydrogen-bond acceptors (Lipinski definition) is 4. The third-order valence-electron chi connectivity index (χ3n) is 3.77. The van der Waals surface area contributed by atoms with Gasteiger partial charge in [-0.25, -0.2) is 9.80 Å². The summed E-state index contributed by atoms with van der Waals surface area (Å²) in [6, 6.07) is 9.62. The van der Waals surface area contributed by atoms with Crippen LogP contribution in [0.3, 0.4) is 0 Å². The van der Waals surface area contributed by atoms with Gasteiger partial charge >= 0.3 is 5.97 Å². The van der Waals surface area contributed by atoms with Gasteiger partial charge in [-0.3, -0.25) is 0 Å². The van der Waals surface area contributed by atoms with Crippen molar-refractivity contribution < 1.29 is 9.53 Å². The van der Waals surface area contributed by atoms with Crippen LogP contribution in [0, 0.1) is 0 Å². The van der Waals surface area contributed by atoms with E-state index in [0.29, 0.717) is 37.9 Å². The predicted molar refractivity (Wildman–Crippen MR) is 102 cm³/mol. The van der Waals surface area contributed by atoms with Crippen molar-refractivity contribution in [1.82, 2.24) is 0 Å². The second kappa shape index (κ2) is 7.42. The van der Waals surface area contributed by atoms with Crippen LogP contribution in [0.25, 0.3) is 0 Å². The van der Waals surface area contributed by atoms with Crippen molar-refractivity contribution in [2.24, 2.45) is 5.10 Å². The number of carbonyl (C=O) groups excluding carboxylic acids is 1. The van der Waals surface area contributed by atoms with Crippen LogP contribution in [0.5, 0.6) is 0 Å². The van der Waals surface area contributed by atoms with Crippen LogP contribution < -0.4 is 5.01 Å². The molecule has 2 aromatic carbocycles. The van der Waals surface area contributed by atoms with E-state index in [2.05, 4.69) is 5.10 Å². The highest BCUT2D eigenvalue weighted by Crippen LogP contribution is 2.40. The average molecular weight is 418 g/mol. The molecule has 8 heteroatoms. The van der Waals surface area contributed by atoms with E-state index in [-0.39, 0.29) is 0 Å². The highest BCUT2D eigenvalue weighted by atomic mass is 35.5. The van der Waals surface area contributed by atoms with Crippen LogP contribution in [0.1, 0.15) is 12.0 Å². The zero-order valence-electron chi connectivity index (χ0n) is 13.0. The fourth-order valence-corrected chi connectivity index (χ4v) is 3.72. The van der Waals surface area contributed by atoms with E-state index in [4.69, 9.17) is 51.1 Å². The van der Waals surface area contributed by atoms with Crippen molar-refractivity contribution in [3.05, 3.63) is 62.1 Å². The van der Waals surface area contributed by atoms with E-state index in [1.807, 2.05) is 12.1 Å². The highest BCUT2D eigenvalue weighted by Gasteiger charge is 2.37. The van der Waals surface area contributed by atoms with Gasteiger partial charge in [-0.1, -0.05) is 58.5 Å². The maximum atomic E-state index is 12.2. The van der Waals surface area contributed by atoms with Crippen molar-refractivity contribution in [2.75, 3.05) is 12.1 Å². The summed E-state index contributed by atoms with van der Waals surface area (Å²) >= 11 is 24.5. The molecule has 1 aliphatic heterocycles. The first-order valence-corrected chi connectivity index (χ1v) is 8.77. The van der Waals surface area contributed by atoms with Crippen LogP contribution in [-0.4, -0.2) is 24.8 Å². The quantitative estimate of drug-likeness (QED) is 0.623. The van der Waals surface area contributed by atoms with Gasteiger partial charge in [-0.15, -0.1) is 0 Å². The average Bonchev–Trinajstić information content (AvgIpc) is 2.98. The second-order valence-corrected chi connectivity index (χ2v) is 7.05. The van der Waals surface area contributed by atoms with Gasteiger partial charge in [0.05, 0.1) is 28.6 Å². The molecule has 4 nitrogen and oxygen atoms in total. The van der Waals surface area contributed by atoms with Crippen molar-refractivity contribution in [2.45, 2.75) is 12.5 Å². The minimum absolute atomic E-state index is 0.299. The summed E-state index contributed by atoms with van der Waals surface area (Å²) in [5, 5.41) is 7.65. The molecule has 0 bridgehead atoms. The Kier molecular flexibility index (Phi) is 5.44. The summed E-state index contributed by atoms with van der Waals surface area (Å²) < 4.78 is 4.91. The van der Waals surface area contributed by atoms with E-state index >= 15 is 0 Å². The molecule has 1 heterocycles. The maximum Gasteiger partial charge on any atom is 0.331 e. The molecule has 0 spiro atoms. The molecule has 0 aromatic heterocycles. The number of nitrogens with zero attached hydrogens (tertiary/aromatic N) is 2. The molecular formula is C17H12Cl4N2O2. The summed E-state index contributed by atoms with van der Waals surface area (Å²) in [6.07, 6.45) is 0.351. The number of carbonyl (C=O) groups is 1. The topological polar surface area (TPSA) is 41.9 Å². The van der Waals surface area contributed by atoms with Crippen molar-refractivity contribution in [1.29, 1.82) is 0 Å². The Bertz CT molecular complexity index is 829. The summed E-state index contributed by atoms with van der Waals surface area (Å²) in [5.74, 6) is -0.435. The predicted octanol–water partition coefficient (Wildman–Crippen LogP) is 5.46. The Hall–Kier alpha value is -1.46. The summed E-state index contributed by atoms with van der Waals surface area (Å²) in [6.45, 7) is 0. The summed E-state index contributed by atoms with van der Waals surface area (Å²) in [7, 11) is 1.33. The number of methoxy groups -OCH3 is 1. The molecule has 25 heavy (non-hydrogen) atoms. The molecule has 0 N–H and O–H groups in total. The molecule has 0 aliphatic carbocycles. The van der Waals surface area contributed by atoms with Gasteiger partial charge in [-0.05, 0) is 29.8 Å². The van der Waals surface area contributed by atoms with Gasteiger partial charge in [-0.2, -0.15) is 5.10 Å². The molecule has 0 fully saturated rings. The van der Waals surface area contributed by atoms with Gasteiger partial charge in [0.25, 0.3) is 0 Å². The molecule has 0 radical (unpaired) electrons. The minimum Gasteiger partial charge on any atom is -0.467 e. The Morgan fingerprint density at radius 2 is 1.68 bits per heavy atom. The van der Waals surface area contributed by atoms with Crippen LogP contribution in [0.2, 0.25) is 20.1 Å². The van der Waals surface area contributed by atoms with Crippen LogP contribution in [-0.2, 0) is 9.53 Å². The number of hydrazone groups is 1. The molecule has 1 atom stereocenters. The Labute approximate surface area is 164 Å². The smallest absolute Gasteiger partial charge is 0.331 e. The number of anilines is 1. The second-order valence-electron chi connectivity index (χ2n) is 5.36. The van der Waals surface area contributed by atoms with E-state index in [0.717, 1.165) is 5.56 Å². The monoisotopic (exact) mass is 416 g/mol. The number of benzene rings is 2. The van der Waals surface area contributed by atoms with E-state index in [9.17, 15) is 4.79 Å². The van der Waals surface area contributed by atoms with E-state index < -0.39 is 12.0 Å². The number of esters is 1. The Balaban J connectivity index is 2.07. The van der Waals surface area contributed by atoms with Gasteiger partial charge in [0.1, 0.15) is 0 Å². The molecular weight excluding hydrogens is 406 g/mol. The Morgan fingerprint density at radius 3 is 2.24 bits per heavy atom. The normalized spacial score (nSPS) is 16.8. The lowest BCUT2D eigenvalue weighted by molar-refractivity contribution is -0.141. The van der Waals surface area contributed by atoms with Gasteiger partial charge in [0.2, 0.25) is 0 Å². The van der Waals surface area contributed by atoms with Gasteiger partial charge in [0.15, 0.2) is 6.04 Å². The summed E-state index contributed by atoms with van der Waals surface area (Å²) in [4.78, 5) is 12.2. The fourth-order valence-electron chi connectivity index (χ4n) is 2.61. The largest absolute Gasteiger partial charge is 0.467 e. The number of rotatable bonds is 3.